The zero-order chi connectivity index (χ0) is 19.5. The van der Waals surface area contributed by atoms with E-state index in [-0.39, 0.29) is 11.9 Å². The number of likely N-dealkylation sites (tertiary alicyclic amines) is 1. The van der Waals surface area contributed by atoms with E-state index in [9.17, 15) is 4.79 Å². The highest BCUT2D eigenvalue weighted by Gasteiger charge is 2.31. The lowest BCUT2D eigenvalue weighted by Gasteiger charge is -2.24. The van der Waals surface area contributed by atoms with Gasteiger partial charge in [-0.25, -0.2) is 9.97 Å². The fraction of sp³-hybridized carbons (Fsp3) is 0.364. The molecular weight excluding hydrogens is 352 g/mol. The molecule has 0 N–H and O–H groups in total. The molecule has 1 aliphatic rings. The molecule has 2 aromatic heterocycles. The maximum atomic E-state index is 12.9. The number of nitrogens with zero attached hydrogens (tertiary/aromatic N) is 4. The van der Waals surface area contributed by atoms with Crippen molar-refractivity contribution >= 4 is 5.91 Å². The number of benzene rings is 1. The van der Waals surface area contributed by atoms with Gasteiger partial charge in [0.05, 0.1) is 23.0 Å². The predicted molar refractivity (Wildman–Crippen MR) is 105 cm³/mol. The van der Waals surface area contributed by atoms with Crippen LogP contribution in [0.4, 0.5) is 0 Å². The molecule has 3 aromatic rings. The lowest BCUT2D eigenvalue weighted by molar-refractivity contribution is -0.132. The van der Waals surface area contributed by atoms with Crippen molar-refractivity contribution < 1.29 is 9.32 Å². The SMILES string of the molecule is Cc1noc(C)c1-c1nccc([C@@H]2CCCN2C(=O)CCc2ccccc2)n1. The van der Waals surface area contributed by atoms with Crippen LogP contribution in [0, 0.1) is 13.8 Å². The molecular formula is C22H24N4O2. The predicted octanol–water partition coefficient (Wildman–Crippen LogP) is 4.04. The van der Waals surface area contributed by atoms with Crippen LogP contribution in [0.3, 0.4) is 0 Å². The molecule has 1 saturated heterocycles. The molecule has 6 heteroatoms. The number of aryl methyl sites for hydroxylation is 3. The van der Waals surface area contributed by atoms with Crippen LogP contribution < -0.4 is 0 Å². The Morgan fingerprint density at radius 2 is 2.04 bits per heavy atom. The van der Waals surface area contributed by atoms with Gasteiger partial charge in [-0.1, -0.05) is 35.5 Å². The van der Waals surface area contributed by atoms with Crippen LogP contribution in [-0.4, -0.2) is 32.5 Å². The highest BCUT2D eigenvalue weighted by atomic mass is 16.5. The maximum absolute atomic E-state index is 12.9. The lowest BCUT2D eigenvalue weighted by atomic mass is 10.1. The first-order valence-electron chi connectivity index (χ1n) is 9.73. The highest BCUT2D eigenvalue weighted by molar-refractivity contribution is 5.77. The topological polar surface area (TPSA) is 72.1 Å². The summed E-state index contributed by atoms with van der Waals surface area (Å²) >= 11 is 0. The van der Waals surface area contributed by atoms with Crippen LogP contribution in [-0.2, 0) is 11.2 Å². The third-order valence-electron chi connectivity index (χ3n) is 5.32. The van der Waals surface area contributed by atoms with Gasteiger partial charge < -0.3 is 9.42 Å². The molecule has 0 bridgehead atoms. The van der Waals surface area contributed by atoms with E-state index in [2.05, 4.69) is 22.3 Å². The number of hydrogen-bond acceptors (Lipinski definition) is 5. The zero-order valence-electron chi connectivity index (χ0n) is 16.3. The Bertz CT molecular complexity index is 948. The Morgan fingerprint density at radius 1 is 1.21 bits per heavy atom. The number of carbonyl (C=O) groups excluding carboxylic acids is 1. The van der Waals surface area contributed by atoms with Crippen molar-refractivity contribution in [2.75, 3.05) is 6.54 Å². The molecule has 6 nitrogen and oxygen atoms in total. The maximum Gasteiger partial charge on any atom is 0.223 e. The van der Waals surface area contributed by atoms with Crippen molar-refractivity contribution in [2.24, 2.45) is 0 Å². The van der Waals surface area contributed by atoms with Crippen molar-refractivity contribution in [1.82, 2.24) is 20.0 Å². The van der Waals surface area contributed by atoms with Gasteiger partial charge in [-0.3, -0.25) is 4.79 Å². The van der Waals surface area contributed by atoms with E-state index in [0.717, 1.165) is 42.8 Å². The van der Waals surface area contributed by atoms with Crippen molar-refractivity contribution in [3.8, 4) is 11.4 Å². The second-order valence-electron chi connectivity index (χ2n) is 7.24. The Morgan fingerprint density at radius 3 is 2.79 bits per heavy atom. The molecule has 0 aliphatic carbocycles. The van der Waals surface area contributed by atoms with Gasteiger partial charge in [0.2, 0.25) is 5.91 Å². The fourth-order valence-corrected chi connectivity index (χ4v) is 3.89. The number of rotatable bonds is 5. The molecule has 28 heavy (non-hydrogen) atoms. The first kappa shape index (κ1) is 18.3. The molecule has 0 spiro atoms. The molecule has 3 heterocycles. The molecule has 0 radical (unpaired) electrons. The van der Waals surface area contributed by atoms with Crippen molar-refractivity contribution in [2.45, 2.75) is 45.6 Å². The van der Waals surface area contributed by atoms with E-state index >= 15 is 0 Å². The lowest BCUT2D eigenvalue weighted by Crippen LogP contribution is -2.31. The molecule has 144 valence electrons. The monoisotopic (exact) mass is 376 g/mol. The minimum absolute atomic E-state index is 0.00509. The molecule has 1 amide bonds. The molecule has 0 unspecified atom stereocenters. The summed E-state index contributed by atoms with van der Waals surface area (Å²) in [6, 6.07) is 12.1. The second-order valence-corrected chi connectivity index (χ2v) is 7.24. The molecule has 0 saturated carbocycles. The van der Waals surface area contributed by atoms with Gasteiger partial charge in [0, 0.05) is 19.2 Å². The summed E-state index contributed by atoms with van der Waals surface area (Å²) in [6.07, 6.45) is 4.95. The Hall–Kier alpha value is -3.02. The third kappa shape index (κ3) is 3.67. The molecule has 1 atom stereocenters. The normalized spacial score (nSPS) is 16.5. The largest absolute Gasteiger partial charge is 0.361 e. The fourth-order valence-electron chi connectivity index (χ4n) is 3.89. The average Bonchev–Trinajstić information content (AvgIpc) is 3.34. The number of aromatic nitrogens is 3. The van der Waals surface area contributed by atoms with E-state index in [0.29, 0.717) is 18.0 Å². The first-order valence-corrected chi connectivity index (χ1v) is 9.73. The van der Waals surface area contributed by atoms with Crippen LogP contribution in [0.15, 0.2) is 47.1 Å². The van der Waals surface area contributed by atoms with Gasteiger partial charge in [0.15, 0.2) is 5.82 Å². The van der Waals surface area contributed by atoms with Gasteiger partial charge >= 0.3 is 0 Å². The summed E-state index contributed by atoms with van der Waals surface area (Å²) in [5, 5.41) is 4.00. The summed E-state index contributed by atoms with van der Waals surface area (Å²) in [5.74, 6) is 1.50. The van der Waals surface area contributed by atoms with Gasteiger partial charge in [-0.2, -0.15) is 0 Å². The smallest absolute Gasteiger partial charge is 0.223 e. The van der Waals surface area contributed by atoms with E-state index < -0.39 is 0 Å². The molecule has 1 fully saturated rings. The van der Waals surface area contributed by atoms with E-state index in [1.807, 2.05) is 43.0 Å². The van der Waals surface area contributed by atoms with Gasteiger partial charge in [0.1, 0.15) is 5.76 Å². The van der Waals surface area contributed by atoms with Crippen molar-refractivity contribution in [1.29, 1.82) is 0 Å². The van der Waals surface area contributed by atoms with Crippen molar-refractivity contribution in [3.05, 3.63) is 65.3 Å². The van der Waals surface area contributed by atoms with Crippen LogP contribution in [0.5, 0.6) is 0 Å². The van der Waals surface area contributed by atoms with E-state index in [1.165, 1.54) is 5.56 Å². The Balaban J connectivity index is 1.52. The number of hydrogen-bond donors (Lipinski definition) is 0. The van der Waals surface area contributed by atoms with Crippen LogP contribution in [0.2, 0.25) is 0 Å². The van der Waals surface area contributed by atoms with Gasteiger partial charge in [0.25, 0.3) is 0 Å². The van der Waals surface area contributed by atoms with Gasteiger partial charge in [-0.05, 0) is 44.7 Å². The zero-order valence-corrected chi connectivity index (χ0v) is 16.3. The number of carbonyl (C=O) groups is 1. The minimum atomic E-state index is 0.00509. The first-order chi connectivity index (χ1) is 13.6. The van der Waals surface area contributed by atoms with Crippen molar-refractivity contribution in [3.63, 3.8) is 0 Å². The number of amides is 1. The highest BCUT2D eigenvalue weighted by Crippen LogP contribution is 2.33. The minimum Gasteiger partial charge on any atom is -0.361 e. The van der Waals surface area contributed by atoms with E-state index in [4.69, 9.17) is 9.51 Å². The summed E-state index contributed by atoms with van der Waals surface area (Å²) in [4.78, 5) is 24.0. The standard InChI is InChI=1S/C22H24N4O2/c1-15-21(16(2)28-25-15)22-23-13-12-18(24-22)19-9-6-14-26(19)20(27)11-10-17-7-4-3-5-8-17/h3-5,7-8,12-13,19H,6,9-11,14H2,1-2H3/t19-/m0/s1. The second kappa shape index (κ2) is 7.92. The molecule has 1 aromatic carbocycles. The molecule has 1 aliphatic heterocycles. The van der Waals surface area contributed by atoms with Gasteiger partial charge in [-0.15, -0.1) is 0 Å². The summed E-state index contributed by atoms with van der Waals surface area (Å²) < 4.78 is 5.25. The average molecular weight is 376 g/mol. The third-order valence-corrected chi connectivity index (χ3v) is 5.32. The van der Waals surface area contributed by atoms with Crippen LogP contribution >= 0.6 is 0 Å². The quantitative estimate of drug-likeness (QED) is 0.672. The Kier molecular flexibility index (Phi) is 5.19. The summed E-state index contributed by atoms with van der Waals surface area (Å²) in [6.45, 7) is 4.53. The molecule has 4 rings (SSSR count). The van der Waals surface area contributed by atoms with Crippen LogP contribution in [0.1, 0.15) is 48.0 Å². The summed E-state index contributed by atoms with van der Waals surface area (Å²) in [5.41, 5.74) is 3.68. The van der Waals surface area contributed by atoms with Crippen LogP contribution in [0.25, 0.3) is 11.4 Å². The summed E-state index contributed by atoms with van der Waals surface area (Å²) in [7, 11) is 0. The van der Waals surface area contributed by atoms with E-state index in [1.54, 1.807) is 6.20 Å². The Labute approximate surface area is 164 Å².